The number of hydrogen-bond donors (Lipinski definition) is 2. The van der Waals surface area contributed by atoms with E-state index in [0.717, 1.165) is 0 Å². The predicted molar refractivity (Wildman–Crippen MR) is 43.9 cm³/mol. The van der Waals surface area contributed by atoms with Crippen LogP contribution in [0, 0.1) is 0 Å². The average Bonchev–Trinajstić information content (AvgIpc) is 1.85. The Morgan fingerprint density at radius 1 is 1.73 bits per heavy atom. The van der Waals surface area contributed by atoms with Crippen molar-refractivity contribution in [3.05, 3.63) is 0 Å². The van der Waals surface area contributed by atoms with Crippen LogP contribution in [-0.2, 0) is 4.79 Å². The van der Waals surface area contributed by atoms with Crippen molar-refractivity contribution in [2.75, 3.05) is 5.75 Å². The summed E-state index contributed by atoms with van der Waals surface area (Å²) in [6.07, 6.45) is 0. The summed E-state index contributed by atoms with van der Waals surface area (Å²) in [6.45, 7) is 3.60. The van der Waals surface area contributed by atoms with Crippen LogP contribution in [0.3, 0.4) is 0 Å². The molecule has 1 fully saturated rings. The highest BCUT2D eigenvalue weighted by Gasteiger charge is 2.32. The molecule has 11 heavy (non-hydrogen) atoms. The molecule has 0 radical (unpaired) electrons. The molecule has 0 aromatic rings. The Morgan fingerprint density at radius 2 is 2.36 bits per heavy atom. The van der Waals surface area contributed by atoms with E-state index in [1.54, 1.807) is 13.8 Å². The Kier molecular flexibility index (Phi) is 2.08. The number of rotatable bonds is 0. The predicted octanol–water partition coefficient (Wildman–Crippen LogP) is 0.416. The highest BCUT2D eigenvalue weighted by molar-refractivity contribution is 8.14. The topological polar surface area (TPSA) is 61.7 Å². The SMILES string of the molecule is CC1(C)NC(=O)CSC1=NO. The summed E-state index contributed by atoms with van der Waals surface area (Å²) in [7, 11) is 0. The number of nitrogens with one attached hydrogen (secondary N) is 1. The molecule has 0 unspecified atom stereocenters. The molecule has 0 saturated carbocycles. The van der Waals surface area contributed by atoms with E-state index >= 15 is 0 Å². The third-order valence-corrected chi connectivity index (χ3v) is 2.69. The second-order valence-corrected chi connectivity index (χ2v) is 3.83. The molecule has 0 aromatic heterocycles. The van der Waals surface area contributed by atoms with E-state index in [2.05, 4.69) is 10.5 Å². The van der Waals surface area contributed by atoms with Crippen molar-refractivity contribution in [3.63, 3.8) is 0 Å². The van der Waals surface area contributed by atoms with Crippen molar-refractivity contribution in [2.24, 2.45) is 5.16 Å². The van der Waals surface area contributed by atoms with Gasteiger partial charge < -0.3 is 10.5 Å². The number of amides is 1. The van der Waals surface area contributed by atoms with E-state index in [-0.39, 0.29) is 5.91 Å². The van der Waals surface area contributed by atoms with Crippen molar-refractivity contribution in [3.8, 4) is 0 Å². The third kappa shape index (κ3) is 1.65. The first-order valence-electron chi connectivity index (χ1n) is 3.22. The van der Waals surface area contributed by atoms with Gasteiger partial charge in [0.15, 0.2) is 0 Å². The van der Waals surface area contributed by atoms with Crippen LogP contribution >= 0.6 is 11.8 Å². The van der Waals surface area contributed by atoms with Gasteiger partial charge in [0.05, 0.1) is 11.3 Å². The zero-order chi connectivity index (χ0) is 8.48. The van der Waals surface area contributed by atoms with Gasteiger partial charge in [0.25, 0.3) is 0 Å². The normalized spacial score (nSPS) is 26.7. The Morgan fingerprint density at radius 3 is 2.82 bits per heavy atom. The molecule has 1 heterocycles. The summed E-state index contributed by atoms with van der Waals surface area (Å²) in [4.78, 5) is 10.9. The molecule has 5 heteroatoms. The van der Waals surface area contributed by atoms with E-state index in [4.69, 9.17) is 5.21 Å². The zero-order valence-electron chi connectivity index (χ0n) is 6.42. The minimum atomic E-state index is -0.519. The fourth-order valence-corrected chi connectivity index (χ4v) is 1.72. The molecule has 62 valence electrons. The van der Waals surface area contributed by atoms with Crippen molar-refractivity contribution in [2.45, 2.75) is 19.4 Å². The summed E-state index contributed by atoms with van der Waals surface area (Å²) in [6, 6.07) is 0. The number of carbonyl (C=O) groups excluding carboxylic acids is 1. The molecule has 0 spiro atoms. The molecule has 0 aliphatic carbocycles. The summed E-state index contributed by atoms with van der Waals surface area (Å²) < 4.78 is 0. The standard InChI is InChI=1S/C6H10N2O2S/c1-6(2)5(8-10)11-3-4(9)7-6/h10H,3H2,1-2H3,(H,7,9). The Balaban J connectivity index is 2.80. The van der Waals surface area contributed by atoms with Gasteiger partial charge in [0, 0.05) is 0 Å². The largest absolute Gasteiger partial charge is 0.410 e. The fraction of sp³-hybridized carbons (Fsp3) is 0.667. The highest BCUT2D eigenvalue weighted by Crippen LogP contribution is 2.21. The van der Waals surface area contributed by atoms with Gasteiger partial charge >= 0.3 is 0 Å². The lowest BCUT2D eigenvalue weighted by Gasteiger charge is -2.30. The zero-order valence-corrected chi connectivity index (χ0v) is 7.23. The number of thioether (sulfide) groups is 1. The smallest absolute Gasteiger partial charge is 0.231 e. The molecule has 0 bridgehead atoms. The molecular weight excluding hydrogens is 164 g/mol. The lowest BCUT2D eigenvalue weighted by molar-refractivity contribution is -0.119. The van der Waals surface area contributed by atoms with Crippen molar-refractivity contribution in [1.29, 1.82) is 0 Å². The second-order valence-electron chi connectivity index (χ2n) is 2.87. The maximum atomic E-state index is 10.9. The number of carbonyl (C=O) groups is 1. The van der Waals surface area contributed by atoms with Crippen LogP contribution in [0.2, 0.25) is 0 Å². The molecule has 4 nitrogen and oxygen atoms in total. The van der Waals surface area contributed by atoms with Crippen LogP contribution in [0.15, 0.2) is 5.16 Å². The van der Waals surface area contributed by atoms with Gasteiger partial charge in [-0.25, -0.2) is 0 Å². The molecule has 1 saturated heterocycles. The van der Waals surface area contributed by atoms with Crippen molar-refractivity contribution < 1.29 is 10.0 Å². The number of oxime groups is 1. The van der Waals surface area contributed by atoms with Gasteiger partial charge in [0.1, 0.15) is 5.04 Å². The number of nitrogens with zero attached hydrogens (tertiary/aromatic N) is 1. The van der Waals surface area contributed by atoms with Crippen molar-refractivity contribution >= 4 is 22.7 Å². The molecule has 1 amide bonds. The quantitative estimate of drug-likeness (QED) is 0.413. The highest BCUT2D eigenvalue weighted by atomic mass is 32.2. The van der Waals surface area contributed by atoms with Crippen LogP contribution in [-0.4, -0.2) is 27.4 Å². The minimum absolute atomic E-state index is 0.0209. The minimum Gasteiger partial charge on any atom is -0.410 e. The maximum Gasteiger partial charge on any atom is 0.231 e. The van der Waals surface area contributed by atoms with Gasteiger partial charge in [-0.2, -0.15) is 0 Å². The van der Waals surface area contributed by atoms with Crippen molar-refractivity contribution in [1.82, 2.24) is 5.32 Å². The maximum absolute atomic E-state index is 10.9. The first-order chi connectivity index (χ1) is 5.06. The van der Waals surface area contributed by atoms with Gasteiger partial charge in [-0.1, -0.05) is 16.9 Å². The number of hydrogen-bond acceptors (Lipinski definition) is 4. The van der Waals surface area contributed by atoms with Crippen LogP contribution in [0.4, 0.5) is 0 Å². The lowest BCUT2D eigenvalue weighted by Crippen LogP contribution is -2.53. The molecule has 1 rings (SSSR count). The molecule has 1 aliphatic rings. The first kappa shape index (κ1) is 8.39. The van der Waals surface area contributed by atoms with E-state index in [0.29, 0.717) is 10.8 Å². The Bertz CT molecular complexity index is 213. The molecule has 0 atom stereocenters. The fourth-order valence-electron chi connectivity index (χ4n) is 0.906. The van der Waals surface area contributed by atoms with Crippen LogP contribution in [0.1, 0.15) is 13.8 Å². The molecular formula is C6H10N2O2S. The van der Waals surface area contributed by atoms with Gasteiger partial charge in [-0.05, 0) is 13.8 Å². The Labute approximate surface area is 69.0 Å². The van der Waals surface area contributed by atoms with Crippen LogP contribution < -0.4 is 5.32 Å². The average molecular weight is 174 g/mol. The van der Waals surface area contributed by atoms with E-state index in [9.17, 15) is 4.79 Å². The lowest BCUT2D eigenvalue weighted by atomic mass is 10.1. The summed E-state index contributed by atoms with van der Waals surface area (Å²) >= 11 is 1.27. The summed E-state index contributed by atoms with van der Waals surface area (Å²) in [5.74, 6) is 0.315. The van der Waals surface area contributed by atoms with Gasteiger partial charge in [-0.15, -0.1) is 0 Å². The van der Waals surface area contributed by atoms with Crippen LogP contribution in [0.5, 0.6) is 0 Å². The Hall–Kier alpha value is -0.710. The second kappa shape index (κ2) is 2.73. The molecule has 2 N–H and O–H groups in total. The van der Waals surface area contributed by atoms with E-state index < -0.39 is 5.54 Å². The monoisotopic (exact) mass is 174 g/mol. The van der Waals surface area contributed by atoms with E-state index in [1.165, 1.54) is 11.8 Å². The summed E-state index contributed by atoms with van der Waals surface area (Å²) in [5, 5.41) is 14.9. The first-order valence-corrected chi connectivity index (χ1v) is 4.21. The van der Waals surface area contributed by atoms with Gasteiger partial charge in [0.2, 0.25) is 5.91 Å². The van der Waals surface area contributed by atoms with E-state index in [1.807, 2.05) is 0 Å². The molecule has 0 aromatic carbocycles. The van der Waals surface area contributed by atoms with Crippen LogP contribution in [0.25, 0.3) is 0 Å². The van der Waals surface area contributed by atoms with Gasteiger partial charge in [-0.3, -0.25) is 4.79 Å². The summed E-state index contributed by atoms with van der Waals surface area (Å²) in [5.41, 5.74) is -0.519. The molecule has 1 aliphatic heterocycles. The third-order valence-electron chi connectivity index (χ3n) is 1.42.